The fraction of sp³-hybridized carbons (Fsp3) is 0.588. The van der Waals surface area contributed by atoms with Crippen LogP contribution < -0.4 is 10.1 Å². The van der Waals surface area contributed by atoms with Crippen molar-refractivity contribution >= 4 is 5.91 Å². The van der Waals surface area contributed by atoms with Crippen molar-refractivity contribution in [2.75, 3.05) is 40.9 Å². The Kier molecular flexibility index (Phi) is 8.55. The summed E-state index contributed by atoms with van der Waals surface area (Å²) in [5, 5.41) is 2.95. The second-order valence-electron chi connectivity index (χ2n) is 5.50. The van der Waals surface area contributed by atoms with Gasteiger partial charge in [-0.15, -0.1) is 0 Å². The molecule has 1 aromatic rings. The van der Waals surface area contributed by atoms with E-state index in [4.69, 9.17) is 9.47 Å². The third kappa shape index (κ3) is 7.43. The van der Waals surface area contributed by atoms with E-state index in [0.29, 0.717) is 19.6 Å². The first-order chi connectivity index (χ1) is 10.5. The van der Waals surface area contributed by atoms with Crippen LogP contribution in [-0.2, 0) is 16.0 Å². The summed E-state index contributed by atoms with van der Waals surface area (Å²) in [4.78, 5) is 14.1. The van der Waals surface area contributed by atoms with E-state index in [1.165, 1.54) is 0 Å². The van der Waals surface area contributed by atoms with Crippen LogP contribution in [0.2, 0.25) is 0 Å². The van der Waals surface area contributed by atoms with E-state index in [1.807, 2.05) is 45.3 Å². The highest BCUT2D eigenvalue weighted by Gasteiger charge is 2.11. The van der Waals surface area contributed by atoms with Gasteiger partial charge in [0.25, 0.3) is 0 Å². The third-order valence-corrected chi connectivity index (χ3v) is 3.35. The van der Waals surface area contributed by atoms with Gasteiger partial charge in [-0.1, -0.05) is 12.1 Å². The molecule has 0 spiro atoms. The van der Waals surface area contributed by atoms with Crippen molar-refractivity contribution in [2.45, 2.75) is 25.9 Å². The summed E-state index contributed by atoms with van der Waals surface area (Å²) in [6, 6.07) is 7.54. The van der Waals surface area contributed by atoms with Crippen molar-refractivity contribution in [2.24, 2.45) is 0 Å². The zero-order valence-corrected chi connectivity index (χ0v) is 14.1. The predicted octanol–water partition coefficient (Wildman–Crippen LogP) is 1.71. The van der Waals surface area contributed by atoms with Crippen LogP contribution in [0.15, 0.2) is 24.3 Å². The van der Waals surface area contributed by atoms with Crippen LogP contribution in [0.5, 0.6) is 5.75 Å². The number of hydrogen-bond acceptors (Lipinski definition) is 4. The van der Waals surface area contributed by atoms with E-state index in [9.17, 15) is 4.79 Å². The van der Waals surface area contributed by atoms with Gasteiger partial charge in [0, 0.05) is 19.7 Å². The second-order valence-corrected chi connectivity index (χ2v) is 5.50. The summed E-state index contributed by atoms with van der Waals surface area (Å²) in [5.41, 5.74) is 0.972. The Morgan fingerprint density at radius 1 is 1.27 bits per heavy atom. The van der Waals surface area contributed by atoms with Crippen molar-refractivity contribution in [1.82, 2.24) is 10.2 Å². The number of nitrogens with zero attached hydrogens (tertiary/aromatic N) is 1. The summed E-state index contributed by atoms with van der Waals surface area (Å²) in [5.74, 6) is 0.809. The average molecular weight is 308 g/mol. The average Bonchev–Trinajstić information content (AvgIpc) is 2.50. The van der Waals surface area contributed by atoms with Gasteiger partial charge in [-0.05, 0) is 45.1 Å². The first kappa shape index (κ1) is 18.5. The van der Waals surface area contributed by atoms with Crippen molar-refractivity contribution in [1.29, 1.82) is 0 Å². The van der Waals surface area contributed by atoms with E-state index in [-0.39, 0.29) is 12.0 Å². The molecule has 0 fully saturated rings. The Labute approximate surface area is 133 Å². The molecule has 0 aliphatic carbocycles. The molecular formula is C17H28N2O3. The number of ether oxygens (including phenoxy) is 2. The summed E-state index contributed by atoms with van der Waals surface area (Å²) in [7, 11) is 5.69. The Morgan fingerprint density at radius 3 is 2.50 bits per heavy atom. The van der Waals surface area contributed by atoms with E-state index < -0.39 is 0 Å². The molecule has 0 radical (unpaired) electrons. The molecule has 0 bridgehead atoms. The van der Waals surface area contributed by atoms with Crippen LogP contribution in [-0.4, -0.2) is 57.8 Å². The van der Waals surface area contributed by atoms with Gasteiger partial charge in [-0.3, -0.25) is 4.79 Å². The maximum absolute atomic E-state index is 12.0. The van der Waals surface area contributed by atoms with Crippen LogP contribution in [0.1, 0.15) is 18.9 Å². The Balaban J connectivity index is 2.38. The van der Waals surface area contributed by atoms with Gasteiger partial charge in [0.1, 0.15) is 5.75 Å². The molecular weight excluding hydrogens is 280 g/mol. The van der Waals surface area contributed by atoms with Gasteiger partial charge < -0.3 is 19.7 Å². The summed E-state index contributed by atoms with van der Waals surface area (Å²) < 4.78 is 10.8. The normalized spacial score (nSPS) is 12.2. The molecule has 1 amide bonds. The van der Waals surface area contributed by atoms with Crippen LogP contribution in [0.4, 0.5) is 0 Å². The number of benzene rings is 1. The highest BCUT2D eigenvalue weighted by molar-refractivity contribution is 5.78. The highest BCUT2D eigenvalue weighted by atomic mass is 16.5. The number of rotatable bonds is 10. The van der Waals surface area contributed by atoms with Crippen LogP contribution in [0.25, 0.3) is 0 Å². The van der Waals surface area contributed by atoms with Crippen LogP contribution >= 0.6 is 0 Å². The minimum Gasteiger partial charge on any atom is -0.497 e. The molecule has 5 nitrogen and oxygen atoms in total. The second kappa shape index (κ2) is 10.2. The molecule has 0 saturated carbocycles. The summed E-state index contributed by atoms with van der Waals surface area (Å²) in [6.07, 6.45) is 1.34. The number of carbonyl (C=O) groups excluding carboxylic acids is 1. The molecule has 22 heavy (non-hydrogen) atoms. The first-order valence-electron chi connectivity index (χ1n) is 7.71. The van der Waals surface area contributed by atoms with Crippen molar-refractivity contribution in [3.63, 3.8) is 0 Å². The molecule has 0 aromatic heterocycles. The fourth-order valence-electron chi connectivity index (χ4n) is 2.10. The topological polar surface area (TPSA) is 50.8 Å². The lowest BCUT2D eigenvalue weighted by molar-refractivity contribution is -0.121. The molecule has 1 atom stereocenters. The molecule has 0 heterocycles. The van der Waals surface area contributed by atoms with Gasteiger partial charge in [-0.2, -0.15) is 0 Å². The maximum atomic E-state index is 12.0. The number of hydrogen-bond donors (Lipinski definition) is 1. The van der Waals surface area contributed by atoms with Gasteiger partial charge in [-0.25, -0.2) is 0 Å². The van der Waals surface area contributed by atoms with Gasteiger partial charge >= 0.3 is 0 Å². The molecule has 0 aliphatic rings. The molecule has 124 valence electrons. The molecule has 5 heteroatoms. The predicted molar refractivity (Wildman–Crippen MR) is 88.3 cm³/mol. The smallest absolute Gasteiger partial charge is 0.224 e. The van der Waals surface area contributed by atoms with Crippen molar-refractivity contribution in [3.05, 3.63) is 29.8 Å². The lowest BCUT2D eigenvalue weighted by Gasteiger charge is -2.19. The number of methoxy groups -OCH3 is 1. The Bertz CT molecular complexity index is 432. The molecule has 0 saturated heterocycles. The van der Waals surface area contributed by atoms with E-state index in [0.717, 1.165) is 24.3 Å². The SMILES string of the molecule is CCOC(CCN(C)C)CNC(=O)Cc1ccc(OC)cc1. The highest BCUT2D eigenvalue weighted by Crippen LogP contribution is 2.11. The van der Waals surface area contributed by atoms with E-state index in [2.05, 4.69) is 10.2 Å². The largest absolute Gasteiger partial charge is 0.497 e. The van der Waals surface area contributed by atoms with Gasteiger partial charge in [0.05, 0.1) is 19.6 Å². The summed E-state index contributed by atoms with van der Waals surface area (Å²) >= 11 is 0. The third-order valence-electron chi connectivity index (χ3n) is 3.35. The van der Waals surface area contributed by atoms with Crippen LogP contribution in [0.3, 0.4) is 0 Å². The van der Waals surface area contributed by atoms with Gasteiger partial charge in [0.2, 0.25) is 5.91 Å². The standard InChI is InChI=1S/C17H28N2O3/c1-5-22-16(10-11-19(2)3)13-18-17(20)12-14-6-8-15(21-4)9-7-14/h6-9,16H,5,10-13H2,1-4H3,(H,18,20). The lowest BCUT2D eigenvalue weighted by atomic mass is 10.1. The van der Waals surface area contributed by atoms with E-state index in [1.54, 1.807) is 7.11 Å². The maximum Gasteiger partial charge on any atom is 0.224 e. The fourth-order valence-corrected chi connectivity index (χ4v) is 2.10. The minimum absolute atomic E-state index is 0.0136. The quantitative estimate of drug-likeness (QED) is 0.715. The van der Waals surface area contributed by atoms with Crippen molar-refractivity contribution < 1.29 is 14.3 Å². The first-order valence-corrected chi connectivity index (χ1v) is 7.71. The number of nitrogens with one attached hydrogen (secondary N) is 1. The number of carbonyl (C=O) groups is 1. The van der Waals surface area contributed by atoms with Crippen molar-refractivity contribution in [3.8, 4) is 5.75 Å². The van der Waals surface area contributed by atoms with Gasteiger partial charge in [0.15, 0.2) is 0 Å². The molecule has 1 aromatic carbocycles. The Morgan fingerprint density at radius 2 is 1.95 bits per heavy atom. The lowest BCUT2D eigenvalue weighted by Crippen LogP contribution is -2.36. The molecule has 1 N–H and O–H groups in total. The molecule has 1 unspecified atom stereocenters. The van der Waals surface area contributed by atoms with E-state index >= 15 is 0 Å². The minimum atomic E-state index is 0.0136. The summed E-state index contributed by atoms with van der Waals surface area (Å²) in [6.45, 7) is 4.13. The Hall–Kier alpha value is -1.59. The van der Waals surface area contributed by atoms with Crippen LogP contribution in [0, 0.1) is 0 Å². The molecule has 1 rings (SSSR count). The zero-order chi connectivity index (χ0) is 16.4. The zero-order valence-electron chi connectivity index (χ0n) is 14.1. The molecule has 0 aliphatic heterocycles. The number of amides is 1. The monoisotopic (exact) mass is 308 g/mol.